The molecule has 1 aliphatic rings. The quantitative estimate of drug-likeness (QED) is 0.258. The first-order valence-electron chi connectivity index (χ1n) is 11.6. The van der Waals surface area contributed by atoms with Gasteiger partial charge in [0.05, 0.1) is 12.4 Å². The zero-order chi connectivity index (χ0) is 22.5. The van der Waals surface area contributed by atoms with E-state index in [1.54, 1.807) is 0 Å². The van der Waals surface area contributed by atoms with Crippen molar-refractivity contribution in [2.45, 2.75) is 0 Å². The van der Waals surface area contributed by atoms with Crippen LogP contribution < -0.4 is 16.0 Å². The minimum Gasteiger partial charge on any atom is -0.253 e. The molecule has 0 atom stereocenters. The molecular formula is C32H22NP. The first kappa shape index (κ1) is 19.5. The van der Waals surface area contributed by atoms with Crippen molar-refractivity contribution in [3.05, 3.63) is 154 Å². The van der Waals surface area contributed by atoms with Crippen molar-refractivity contribution in [3.63, 3.8) is 0 Å². The lowest BCUT2D eigenvalue weighted by molar-refractivity contribution is 1.36. The third kappa shape index (κ3) is 2.71. The Hall–Kier alpha value is -3.93. The van der Waals surface area contributed by atoms with Crippen molar-refractivity contribution in [3.8, 4) is 0 Å². The lowest BCUT2D eigenvalue weighted by atomic mass is 10.0. The molecule has 7 rings (SSSR count). The summed E-state index contributed by atoms with van der Waals surface area (Å²) in [6, 6.07) is 48.4. The van der Waals surface area contributed by atoms with Gasteiger partial charge >= 0.3 is 0 Å². The van der Waals surface area contributed by atoms with Crippen LogP contribution in [-0.4, -0.2) is 0 Å². The monoisotopic (exact) mass is 451 g/mol. The fraction of sp³-hybridized carbons (Fsp3) is 0. The summed E-state index contributed by atoms with van der Waals surface area (Å²) < 4.78 is 5.73. The molecule has 0 radical (unpaired) electrons. The first-order valence-corrected chi connectivity index (χ1v) is 13.4. The third-order valence-corrected chi connectivity index (χ3v) is 10.6. The predicted molar refractivity (Wildman–Crippen MR) is 145 cm³/mol. The van der Waals surface area contributed by atoms with E-state index in [9.17, 15) is 0 Å². The van der Waals surface area contributed by atoms with Crippen molar-refractivity contribution in [2.24, 2.45) is 4.76 Å². The molecule has 0 bridgehead atoms. The van der Waals surface area contributed by atoms with Gasteiger partial charge in [0.15, 0.2) is 0 Å². The zero-order valence-electron chi connectivity index (χ0n) is 18.6. The number of benzene rings is 6. The van der Waals surface area contributed by atoms with E-state index in [-0.39, 0.29) is 0 Å². The van der Waals surface area contributed by atoms with Crippen LogP contribution in [-0.2, 0) is 0 Å². The second-order valence-corrected chi connectivity index (χ2v) is 11.8. The van der Waals surface area contributed by atoms with E-state index in [2.05, 4.69) is 133 Å². The van der Waals surface area contributed by atoms with E-state index in [4.69, 9.17) is 4.76 Å². The Labute approximate surface area is 198 Å². The van der Waals surface area contributed by atoms with Crippen LogP contribution in [0.5, 0.6) is 0 Å². The molecule has 0 N–H and O–H groups in total. The van der Waals surface area contributed by atoms with Gasteiger partial charge in [0.25, 0.3) is 0 Å². The van der Waals surface area contributed by atoms with Gasteiger partial charge in [-0.1, -0.05) is 127 Å². The van der Waals surface area contributed by atoms with E-state index in [0.717, 1.165) is 5.36 Å². The normalized spacial score (nSPS) is 13.8. The van der Waals surface area contributed by atoms with Gasteiger partial charge in [-0.15, -0.1) is 0 Å². The molecule has 34 heavy (non-hydrogen) atoms. The molecule has 0 aromatic heterocycles. The maximum absolute atomic E-state index is 5.73. The maximum Gasteiger partial charge on any atom is 0.0710 e. The molecular weight excluding hydrogens is 429 g/mol. The molecule has 0 saturated carbocycles. The van der Waals surface area contributed by atoms with E-state index in [0.29, 0.717) is 0 Å². The standard InChI is InChI=1S/C32H22NP/c1-3-13-25(14-4-1)34(26-15-5-2-6-16-26)30-22-20-24-12-8-10-18-28(24)32(30)31-27-17-9-7-11-23(27)19-21-29(31)33-34/h1-22H. The van der Waals surface area contributed by atoms with Crippen molar-refractivity contribution < 1.29 is 0 Å². The fourth-order valence-corrected chi connectivity index (χ4v) is 9.18. The van der Waals surface area contributed by atoms with Crippen LogP contribution >= 0.6 is 7.04 Å². The molecule has 1 aliphatic heterocycles. The Bertz CT molecular complexity index is 1920. The summed E-state index contributed by atoms with van der Waals surface area (Å²) in [5, 5.41) is 11.3. The van der Waals surface area contributed by atoms with Gasteiger partial charge in [0, 0.05) is 26.0 Å². The highest BCUT2D eigenvalue weighted by Crippen LogP contribution is 2.51. The van der Waals surface area contributed by atoms with Gasteiger partial charge in [-0.25, -0.2) is 0 Å². The van der Waals surface area contributed by atoms with Crippen LogP contribution in [0.15, 0.2) is 138 Å². The second-order valence-electron chi connectivity index (χ2n) is 8.77. The van der Waals surface area contributed by atoms with Crippen molar-refractivity contribution in [1.29, 1.82) is 0 Å². The van der Waals surface area contributed by atoms with Crippen molar-refractivity contribution in [1.82, 2.24) is 0 Å². The number of hydrogen-bond acceptors (Lipinski definition) is 1. The maximum atomic E-state index is 5.73. The van der Waals surface area contributed by atoms with Crippen molar-refractivity contribution in [2.75, 3.05) is 0 Å². The van der Waals surface area contributed by atoms with Crippen LogP contribution in [0.2, 0.25) is 0 Å². The Kier molecular flexibility index (Phi) is 4.34. The summed E-state index contributed by atoms with van der Waals surface area (Å²) in [7, 11) is -2.27. The van der Waals surface area contributed by atoms with E-state index in [1.807, 2.05) is 0 Å². The molecule has 1 nitrogen and oxygen atoms in total. The van der Waals surface area contributed by atoms with Crippen LogP contribution in [0, 0.1) is 15.4 Å². The molecule has 160 valence electrons. The summed E-state index contributed by atoms with van der Waals surface area (Å²) >= 11 is 0. The Morgan fingerprint density at radius 2 is 0.912 bits per heavy atom. The molecule has 0 unspecified atom stereocenters. The average molecular weight is 452 g/mol. The third-order valence-electron chi connectivity index (χ3n) is 6.93. The van der Waals surface area contributed by atoms with Crippen LogP contribution in [0.3, 0.4) is 0 Å². The van der Waals surface area contributed by atoms with Crippen molar-refractivity contribution >= 4 is 39.2 Å². The largest absolute Gasteiger partial charge is 0.253 e. The van der Waals surface area contributed by atoms with Crippen LogP contribution in [0.25, 0.3) is 21.5 Å². The lowest BCUT2D eigenvalue weighted by Crippen LogP contribution is -2.21. The molecule has 0 spiro atoms. The van der Waals surface area contributed by atoms with Crippen LogP contribution in [0.1, 0.15) is 0 Å². The fourth-order valence-electron chi connectivity index (χ4n) is 5.44. The average Bonchev–Trinajstić information content (AvgIpc) is 2.93. The van der Waals surface area contributed by atoms with Gasteiger partial charge < -0.3 is 0 Å². The molecule has 6 aromatic carbocycles. The highest BCUT2D eigenvalue weighted by molar-refractivity contribution is 7.81. The number of nitrogens with zero attached hydrogens (tertiary/aromatic N) is 1. The Morgan fingerprint density at radius 1 is 0.412 bits per heavy atom. The highest BCUT2D eigenvalue weighted by Gasteiger charge is 2.26. The SMILES string of the molecule is c1ccc(P2(c3ccccc3)=c3ccc4ccccc4c3=c3c(ccc4ccccc34)=N2)cc1. The zero-order valence-corrected chi connectivity index (χ0v) is 19.5. The summed E-state index contributed by atoms with van der Waals surface area (Å²) in [5.74, 6) is 0. The smallest absolute Gasteiger partial charge is 0.0710 e. The summed E-state index contributed by atoms with van der Waals surface area (Å²) in [6.07, 6.45) is 0. The minimum absolute atomic E-state index is 1.09. The van der Waals surface area contributed by atoms with Gasteiger partial charge in [0.1, 0.15) is 0 Å². The molecule has 0 amide bonds. The second kappa shape index (κ2) is 7.55. The predicted octanol–water partition coefficient (Wildman–Crippen LogP) is 6.75. The van der Waals surface area contributed by atoms with Gasteiger partial charge in [-0.05, 0) is 27.6 Å². The van der Waals surface area contributed by atoms with Gasteiger partial charge in [-0.2, -0.15) is 0 Å². The van der Waals surface area contributed by atoms with E-state index >= 15 is 0 Å². The van der Waals surface area contributed by atoms with E-state index in [1.165, 1.54) is 47.5 Å². The molecule has 0 saturated heterocycles. The highest BCUT2D eigenvalue weighted by atomic mass is 31.2. The molecule has 0 aliphatic carbocycles. The van der Waals surface area contributed by atoms with E-state index < -0.39 is 7.04 Å². The summed E-state index contributed by atoms with van der Waals surface area (Å²) in [6.45, 7) is 0. The minimum atomic E-state index is -2.27. The number of hydrogen-bond donors (Lipinski definition) is 0. The Balaban J connectivity index is 1.94. The van der Waals surface area contributed by atoms with Crippen LogP contribution in [0.4, 0.5) is 0 Å². The number of rotatable bonds is 2. The number of fused-ring (bicyclic) bond motifs is 6. The lowest BCUT2D eigenvalue weighted by Gasteiger charge is -2.26. The topological polar surface area (TPSA) is 12.4 Å². The molecule has 1 heterocycles. The van der Waals surface area contributed by atoms with Gasteiger partial charge in [-0.3, -0.25) is 4.76 Å². The summed E-state index contributed by atoms with van der Waals surface area (Å²) in [4.78, 5) is 1.34. The molecule has 6 aromatic rings. The van der Waals surface area contributed by atoms with Gasteiger partial charge in [0.2, 0.25) is 0 Å². The molecule has 2 heteroatoms. The Morgan fingerprint density at radius 3 is 1.53 bits per heavy atom. The first-order chi connectivity index (χ1) is 16.9. The summed E-state index contributed by atoms with van der Waals surface area (Å²) in [5.41, 5.74) is 0. The molecule has 0 fully saturated rings.